The van der Waals surface area contributed by atoms with Crippen LogP contribution in [0.1, 0.15) is 41.8 Å². The molecule has 152 valence electrons. The molecular weight excluding hydrogens is 376 g/mol. The molecule has 0 aliphatic carbocycles. The van der Waals surface area contributed by atoms with Gasteiger partial charge in [-0.25, -0.2) is 0 Å². The van der Waals surface area contributed by atoms with Crippen molar-refractivity contribution in [2.24, 2.45) is 0 Å². The summed E-state index contributed by atoms with van der Waals surface area (Å²) in [5.41, 5.74) is 5.52. The molecule has 1 N–H and O–H groups in total. The Kier molecular flexibility index (Phi) is 4.52. The van der Waals surface area contributed by atoms with E-state index >= 15 is 0 Å². The Balaban J connectivity index is 1.52. The molecule has 5 rings (SSSR count). The number of rotatable bonds is 4. The molecule has 0 amide bonds. The number of aromatic nitrogens is 3. The fourth-order valence-electron chi connectivity index (χ4n) is 4.68. The molecule has 3 aromatic rings. The molecule has 2 bridgehead atoms. The van der Waals surface area contributed by atoms with Crippen LogP contribution in [0.15, 0.2) is 30.5 Å². The lowest BCUT2D eigenvalue weighted by Crippen LogP contribution is -2.64. The van der Waals surface area contributed by atoms with Gasteiger partial charge in [-0.1, -0.05) is 12.1 Å². The van der Waals surface area contributed by atoms with E-state index in [9.17, 15) is 5.26 Å². The quantitative estimate of drug-likeness (QED) is 0.715. The van der Waals surface area contributed by atoms with Gasteiger partial charge in [0.25, 0.3) is 0 Å². The smallest absolute Gasteiger partial charge is 0.158 e. The molecule has 7 heteroatoms. The van der Waals surface area contributed by atoms with Crippen molar-refractivity contribution in [1.82, 2.24) is 15.2 Å². The highest BCUT2D eigenvalue weighted by atomic mass is 16.5. The van der Waals surface area contributed by atoms with Crippen molar-refractivity contribution in [1.29, 1.82) is 5.26 Å². The molecule has 2 saturated heterocycles. The van der Waals surface area contributed by atoms with E-state index in [0.717, 1.165) is 46.6 Å². The molecular formula is C23H24N6O. The van der Waals surface area contributed by atoms with E-state index in [4.69, 9.17) is 9.72 Å². The molecule has 0 spiro atoms. The maximum Gasteiger partial charge on any atom is 0.158 e. The Bertz CT molecular complexity index is 1160. The summed E-state index contributed by atoms with van der Waals surface area (Å²) in [6, 6.07) is 11.1. The van der Waals surface area contributed by atoms with Crippen LogP contribution in [0.25, 0.3) is 10.9 Å². The first kappa shape index (κ1) is 18.8. The van der Waals surface area contributed by atoms with Gasteiger partial charge in [-0.3, -0.25) is 4.98 Å². The third kappa shape index (κ3) is 2.96. The molecule has 2 aliphatic heterocycles. The minimum absolute atomic E-state index is 0.0287. The van der Waals surface area contributed by atoms with Crippen molar-refractivity contribution >= 4 is 22.4 Å². The van der Waals surface area contributed by atoms with E-state index in [2.05, 4.69) is 39.5 Å². The zero-order valence-electron chi connectivity index (χ0n) is 17.4. The van der Waals surface area contributed by atoms with Gasteiger partial charge in [-0.2, -0.15) is 10.4 Å². The summed E-state index contributed by atoms with van der Waals surface area (Å²) in [5.74, 6) is 0.709. The summed E-state index contributed by atoms with van der Waals surface area (Å²) in [5, 5.41) is 22.6. The summed E-state index contributed by atoms with van der Waals surface area (Å²) < 4.78 is 5.63. The van der Waals surface area contributed by atoms with E-state index in [1.165, 1.54) is 6.42 Å². The summed E-state index contributed by atoms with van der Waals surface area (Å²) in [4.78, 5) is 7.14. The molecule has 0 radical (unpaired) electrons. The van der Waals surface area contributed by atoms with Crippen LogP contribution < -0.4 is 10.2 Å². The lowest BCUT2D eigenvalue weighted by Gasteiger charge is -2.53. The number of morpholine rings is 1. The number of hydrogen-bond acceptors (Lipinski definition) is 7. The molecule has 4 heterocycles. The normalized spacial score (nSPS) is 21.1. The van der Waals surface area contributed by atoms with Crippen LogP contribution >= 0.6 is 0 Å². The predicted octanol–water partition coefficient (Wildman–Crippen LogP) is 3.66. The van der Waals surface area contributed by atoms with Crippen LogP contribution in [0.4, 0.5) is 11.5 Å². The Labute approximate surface area is 175 Å². The number of fused-ring (bicyclic) bond motifs is 3. The lowest BCUT2D eigenvalue weighted by atomic mass is 9.90. The van der Waals surface area contributed by atoms with Crippen LogP contribution in [-0.2, 0) is 4.74 Å². The average Bonchev–Trinajstić information content (AvgIpc) is 2.76. The van der Waals surface area contributed by atoms with Gasteiger partial charge in [0.1, 0.15) is 0 Å². The standard InChI is InChI=1S/C23H24N6O/c1-13-16(9-24)5-4-6-20(13)14(2)26-23-21-8-17(10-25-22(21)15(3)27-28-23)29-18-7-19(29)12-30-11-18/h4-6,8,10,14,18-19H,7,11-12H2,1-3H3,(H,26,28)/t14-,18?,19?/m1/s1. The Morgan fingerprint density at radius 3 is 2.77 bits per heavy atom. The Morgan fingerprint density at radius 2 is 2.03 bits per heavy atom. The first-order valence-corrected chi connectivity index (χ1v) is 10.3. The largest absolute Gasteiger partial charge is 0.377 e. The third-order valence-electron chi connectivity index (χ3n) is 6.34. The first-order chi connectivity index (χ1) is 14.6. The van der Waals surface area contributed by atoms with Crippen LogP contribution in [-0.4, -0.2) is 40.5 Å². The van der Waals surface area contributed by atoms with E-state index in [-0.39, 0.29) is 6.04 Å². The van der Waals surface area contributed by atoms with Gasteiger partial charge in [0.2, 0.25) is 0 Å². The Hall–Kier alpha value is -3.24. The van der Waals surface area contributed by atoms with Crippen LogP contribution in [0.2, 0.25) is 0 Å². The second kappa shape index (κ2) is 7.22. The second-order valence-corrected chi connectivity index (χ2v) is 8.21. The van der Waals surface area contributed by atoms with E-state index in [1.807, 2.05) is 38.2 Å². The number of nitriles is 1. The van der Waals surface area contributed by atoms with E-state index in [1.54, 1.807) is 0 Å². The minimum Gasteiger partial charge on any atom is -0.377 e. The zero-order chi connectivity index (χ0) is 20.8. The predicted molar refractivity (Wildman–Crippen MR) is 115 cm³/mol. The summed E-state index contributed by atoms with van der Waals surface area (Å²) >= 11 is 0. The molecule has 2 aromatic heterocycles. The molecule has 3 atom stereocenters. The molecule has 30 heavy (non-hydrogen) atoms. The molecule has 0 saturated carbocycles. The monoisotopic (exact) mass is 400 g/mol. The van der Waals surface area contributed by atoms with Gasteiger partial charge in [0.05, 0.1) is 66.1 Å². The number of benzene rings is 1. The maximum atomic E-state index is 9.35. The van der Waals surface area contributed by atoms with Gasteiger partial charge in [0, 0.05) is 5.39 Å². The van der Waals surface area contributed by atoms with Gasteiger partial charge in [0.15, 0.2) is 5.82 Å². The van der Waals surface area contributed by atoms with Gasteiger partial charge < -0.3 is 15.0 Å². The van der Waals surface area contributed by atoms with Crippen molar-refractivity contribution in [2.75, 3.05) is 23.4 Å². The molecule has 2 aliphatic rings. The number of hydrogen-bond donors (Lipinski definition) is 1. The topological polar surface area (TPSA) is 87.0 Å². The second-order valence-electron chi connectivity index (χ2n) is 8.21. The molecule has 1 aromatic carbocycles. The fraction of sp³-hybridized carbons (Fsp3) is 0.391. The molecule has 7 nitrogen and oxygen atoms in total. The van der Waals surface area contributed by atoms with Gasteiger partial charge in [-0.05, 0) is 50.5 Å². The zero-order valence-corrected chi connectivity index (χ0v) is 17.4. The summed E-state index contributed by atoms with van der Waals surface area (Å²) in [7, 11) is 0. The number of aryl methyl sites for hydroxylation is 1. The number of pyridine rings is 1. The van der Waals surface area contributed by atoms with E-state index < -0.39 is 0 Å². The highest BCUT2D eigenvalue weighted by molar-refractivity contribution is 5.92. The van der Waals surface area contributed by atoms with E-state index in [0.29, 0.717) is 23.5 Å². The van der Waals surface area contributed by atoms with Crippen molar-refractivity contribution in [2.45, 2.75) is 45.3 Å². The molecule has 2 fully saturated rings. The number of nitrogens with one attached hydrogen (secondary N) is 1. The van der Waals surface area contributed by atoms with Crippen molar-refractivity contribution in [3.05, 3.63) is 52.8 Å². The number of nitrogens with zero attached hydrogens (tertiary/aromatic N) is 5. The minimum atomic E-state index is -0.0287. The Morgan fingerprint density at radius 1 is 1.23 bits per heavy atom. The average molecular weight is 400 g/mol. The van der Waals surface area contributed by atoms with Gasteiger partial charge >= 0.3 is 0 Å². The number of ether oxygens (including phenoxy) is 1. The lowest BCUT2D eigenvalue weighted by molar-refractivity contribution is 0.0103. The van der Waals surface area contributed by atoms with Crippen LogP contribution in [0, 0.1) is 25.2 Å². The highest BCUT2D eigenvalue weighted by Gasteiger charge is 2.42. The van der Waals surface area contributed by atoms with Crippen molar-refractivity contribution in [3.8, 4) is 6.07 Å². The van der Waals surface area contributed by atoms with Gasteiger partial charge in [-0.15, -0.1) is 5.10 Å². The summed E-state index contributed by atoms with van der Waals surface area (Å²) in [6.45, 7) is 7.54. The van der Waals surface area contributed by atoms with Crippen LogP contribution in [0.5, 0.6) is 0 Å². The maximum absolute atomic E-state index is 9.35. The number of anilines is 2. The SMILES string of the molecule is Cc1c(C#N)cccc1[C@@H](C)Nc1nnc(C)c2ncc(N3C4COCC3C4)cc12. The van der Waals surface area contributed by atoms with Crippen molar-refractivity contribution in [3.63, 3.8) is 0 Å². The highest BCUT2D eigenvalue weighted by Crippen LogP contribution is 2.38. The van der Waals surface area contributed by atoms with Crippen LogP contribution in [0.3, 0.4) is 0 Å². The summed E-state index contributed by atoms with van der Waals surface area (Å²) in [6.07, 6.45) is 3.12. The molecule has 2 unspecified atom stereocenters. The fourth-order valence-corrected chi connectivity index (χ4v) is 4.68. The van der Waals surface area contributed by atoms with Crippen molar-refractivity contribution < 1.29 is 4.74 Å². The first-order valence-electron chi connectivity index (χ1n) is 10.3. The third-order valence-corrected chi connectivity index (χ3v) is 6.34.